The van der Waals surface area contributed by atoms with Gasteiger partial charge in [0.15, 0.2) is 5.65 Å². The van der Waals surface area contributed by atoms with Gasteiger partial charge in [0.05, 0.1) is 18.1 Å². The van der Waals surface area contributed by atoms with Crippen molar-refractivity contribution in [1.82, 2.24) is 24.6 Å². The van der Waals surface area contributed by atoms with Crippen molar-refractivity contribution in [3.05, 3.63) is 47.4 Å². The minimum absolute atomic E-state index is 0.667. The van der Waals surface area contributed by atoms with E-state index in [0.29, 0.717) is 6.54 Å². The molecule has 4 rings (SSSR count). The maximum Gasteiger partial charge on any atom is 0.163 e. The average molecular weight is 357 g/mol. The van der Waals surface area contributed by atoms with Crippen LogP contribution in [0.15, 0.2) is 36.8 Å². The Morgan fingerprint density at radius 2 is 1.80 bits per heavy atom. The van der Waals surface area contributed by atoms with Gasteiger partial charge in [0.1, 0.15) is 12.1 Å². The first-order valence-electron chi connectivity index (χ1n) is 8.63. The summed E-state index contributed by atoms with van der Waals surface area (Å²) < 4.78 is 1.92. The first kappa shape index (κ1) is 16.3. The lowest BCUT2D eigenvalue weighted by atomic mass is 10.2. The third-order valence-electron chi connectivity index (χ3n) is 4.78. The summed E-state index contributed by atoms with van der Waals surface area (Å²) in [7, 11) is 0. The number of anilines is 1. The van der Waals surface area contributed by atoms with Crippen LogP contribution in [0, 0.1) is 0 Å². The molecule has 0 saturated carbocycles. The number of halogens is 1. The summed E-state index contributed by atoms with van der Waals surface area (Å²) in [6, 6.07) is 7.83. The molecule has 3 aromatic rings. The Labute approximate surface area is 152 Å². The summed E-state index contributed by atoms with van der Waals surface area (Å²) in [4.78, 5) is 13.8. The number of hydrogen-bond donors (Lipinski definition) is 0. The molecule has 7 heteroatoms. The zero-order valence-corrected chi connectivity index (χ0v) is 15.0. The highest BCUT2D eigenvalue weighted by atomic mass is 35.5. The standard InChI is InChI=1S/C18H21ClN6/c1-2-23-7-9-24(10-8-23)17-16-11-22-25(18(16)21-13-20-17)12-14-3-5-15(19)6-4-14/h3-6,11,13H,2,7-10,12H2,1H3. The van der Waals surface area contributed by atoms with Crippen molar-refractivity contribution >= 4 is 28.5 Å². The van der Waals surface area contributed by atoms with E-state index >= 15 is 0 Å². The quantitative estimate of drug-likeness (QED) is 0.719. The molecule has 1 fully saturated rings. The summed E-state index contributed by atoms with van der Waals surface area (Å²) in [6.45, 7) is 8.10. The molecule has 0 aliphatic carbocycles. The molecule has 1 aliphatic rings. The maximum atomic E-state index is 5.96. The van der Waals surface area contributed by atoms with E-state index in [1.54, 1.807) is 6.33 Å². The lowest BCUT2D eigenvalue weighted by Crippen LogP contribution is -2.46. The summed E-state index contributed by atoms with van der Waals surface area (Å²) in [5.74, 6) is 0.989. The van der Waals surface area contributed by atoms with Crippen LogP contribution in [0.2, 0.25) is 5.02 Å². The Bertz CT molecular complexity index is 852. The first-order chi connectivity index (χ1) is 12.2. The van der Waals surface area contributed by atoms with E-state index in [9.17, 15) is 0 Å². The van der Waals surface area contributed by atoms with Gasteiger partial charge in [-0.2, -0.15) is 5.10 Å². The van der Waals surface area contributed by atoms with Crippen molar-refractivity contribution in [2.45, 2.75) is 13.5 Å². The smallest absolute Gasteiger partial charge is 0.163 e. The molecule has 25 heavy (non-hydrogen) atoms. The van der Waals surface area contributed by atoms with Crippen LogP contribution in [0.5, 0.6) is 0 Å². The number of nitrogens with zero attached hydrogens (tertiary/aromatic N) is 6. The van der Waals surface area contributed by atoms with Gasteiger partial charge < -0.3 is 9.80 Å². The molecule has 0 spiro atoms. The van der Waals surface area contributed by atoms with E-state index in [1.165, 1.54) is 0 Å². The molecule has 0 unspecified atom stereocenters. The number of fused-ring (bicyclic) bond motifs is 1. The highest BCUT2D eigenvalue weighted by Crippen LogP contribution is 2.24. The number of benzene rings is 1. The van der Waals surface area contributed by atoms with Crippen LogP contribution in [0.4, 0.5) is 5.82 Å². The van der Waals surface area contributed by atoms with Gasteiger partial charge in [-0.1, -0.05) is 30.7 Å². The van der Waals surface area contributed by atoms with Gasteiger partial charge in [-0.05, 0) is 24.2 Å². The van der Waals surface area contributed by atoms with Crippen LogP contribution in [0.25, 0.3) is 11.0 Å². The van der Waals surface area contributed by atoms with E-state index in [4.69, 9.17) is 11.6 Å². The Kier molecular flexibility index (Phi) is 4.55. The van der Waals surface area contributed by atoms with Gasteiger partial charge in [-0.25, -0.2) is 14.6 Å². The summed E-state index contributed by atoms with van der Waals surface area (Å²) in [5.41, 5.74) is 2.02. The Balaban J connectivity index is 1.61. The molecule has 3 heterocycles. The summed E-state index contributed by atoms with van der Waals surface area (Å²) in [5, 5.41) is 6.30. The molecular formula is C18H21ClN6. The van der Waals surface area contributed by atoms with Crippen molar-refractivity contribution in [2.24, 2.45) is 0 Å². The molecule has 130 valence electrons. The molecule has 1 saturated heterocycles. The van der Waals surface area contributed by atoms with Crippen LogP contribution in [-0.2, 0) is 6.54 Å². The molecule has 1 aromatic carbocycles. The fraction of sp³-hybridized carbons (Fsp3) is 0.389. The predicted molar refractivity (Wildman–Crippen MR) is 100 cm³/mol. The van der Waals surface area contributed by atoms with Crippen molar-refractivity contribution in [3.63, 3.8) is 0 Å². The van der Waals surface area contributed by atoms with E-state index in [-0.39, 0.29) is 0 Å². The molecule has 0 amide bonds. The number of rotatable bonds is 4. The lowest BCUT2D eigenvalue weighted by Gasteiger charge is -2.34. The molecule has 0 atom stereocenters. The van der Waals surface area contributed by atoms with Gasteiger partial charge in [-0.15, -0.1) is 0 Å². The number of aromatic nitrogens is 4. The second-order valence-corrected chi connectivity index (χ2v) is 6.72. The fourth-order valence-electron chi connectivity index (χ4n) is 3.29. The van der Waals surface area contributed by atoms with Gasteiger partial charge in [0.2, 0.25) is 0 Å². The van der Waals surface area contributed by atoms with Gasteiger partial charge >= 0.3 is 0 Å². The second-order valence-electron chi connectivity index (χ2n) is 6.28. The average Bonchev–Trinajstić information content (AvgIpc) is 3.07. The highest BCUT2D eigenvalue weighted by Gasteiger charge is 2.20. The fourth-order valence-corrected chi connectivity index (χ4v) is 3.41. The third kappa shape index (κ3) is 3.32. The van der Waals surface area contributed by atoms with E-state index in [2.05, 4.69) is 31.8 Å². The first-order valence-corrected chi connectivity index (χ1v) is 9.00. The topological polar surface area (TPSA) is 50.1 Å². The lowest BCUT2D eigenvalue weighted by molar-refractivity contribution is 0.271. The highest BCUT2D eigenvalue weighted by molar-refractivity contribution is 6.30. The number of hydrogen-bond acceptors (Lipinski definition) is 5. The maximum absolute atomic E-state index is 5.96. The number of piperazine rings is 1. The van der Waals surface area contributed by atoms with Gasteiger partial charge in [-0.3, -0.25) is 0 Å². The van der Waals surface area contributed by atoms with Crippen LogP contribution in [-0.4, -0.2) is 57.4 Å². The third-order valence-corrected chi connectivity index (χ3v) is 5.03. The van der Waals surface area contributed by atoms with Crippen molar-refractivity contribution in [3.8, 4) is 0 Å². The van der Waals surface area contributed by atoms with Gasteiger partial charge in [0, 0.05) is 31.2 Å². The normalized spacial score (nSPS) is 15.8. The molecule has 6 nitrogen and oxygen atoms in total. The van der Waals surface area contributed by atoms with Crippen LogP contribution >= 0.6 is 11.6 Å². The molecular weight excluding hydrogens is 336 g/mol. The van der Waals surface area contributed by atoms with Crippen LogP contribution in [0.1, 0.15) is 12.5 Å². The van der Waals surface area contributed by atoms with Crippen molar-refractivity contribution in [1.29, 1.82) is 0 Å². The summed E-state index contributed by atoms with van der Waals surface area (Å²) in [6.07, 6.45) is 3.52. The number of likely N-dealkylation sites (N-methyl/N-ethyl adjacent to an activating group) is 1. The van der Waals surface area contributed by atoms with Crippen LogP contribution < -0.4 is 4.90 Å². The molecule has 2 aromatic heterocycles. The molecule has 0 N–H and O–H groups in total. The zero-order valence-electron chi connectivity index (χ0n) is 14.3. The van der Waals surface area contributed by atoms with Crippen molar-refractivity contribution < 1.29 is 0 Å². The van der Waals surface area contributed by atoms with E-state index < -0.39 is 0 Å². The summed E-state index contributed by atoms with van der Waals surface area (Å²) >= 11 is 5.96. The minimum Gasteiger partial charge on any atom is -0.353 e. The zero-order chi connectivity index (χ0) is 17.2. The van der Waals surface area contributed by atoms with Crippen molar-refractivity contribution in [2.75, 3.05) is 37.6 Å². The largest absolute Gasteiger partial charge is 0.353 e. The molecule has 1 aliphatic heterocycles. The Morgan fingerprint density at radius 3 is 2.52 bits per heavy atom. The van der Waals surface area contributed by atoms with E-state index in [1.807, 2.05) is 35.1 Å². The predicted octanol–water partition coefficient (Wildman–Crippen LogP) is 2.67. The Morgan fingerprint density at radius 1 is 1.04 bits per heavy atom. The molecule has 0 bridgehead atoms. The minimum atomic E-state index is 0.667. The van der Waals surface area contributed by atoms with Crippen LogP contribution in [0.3, 0.4) is 0 Å². The van der Waals surface area contributed by atoms with E-state index in [0.717, 1.165) is 60.2 Å². The SMILES string of the molecule is CCN1CCN(c2ncnc3c2cnn3Cc2ccc(Cl)cc2)CC1. The van der Waals surface area contributed by atoms with Gasteiger partial charge in [0.25, 0.3) is 0 Å². The Hall–Kier alpha value is -2.18. The monoisotopic (exact) mass is 356 g/mol. The second kappa shape index (κ2) is 6.98. The molecule has 0 radical (unpaired) electrons.